The van der Waals surface area contributed by atoms with Gasteiger partial charge in [0.15, 0.2) is 11.7 Å². The van der Waals surface area contributed by atoms with E-state index < -0.39 is 18.5 Å². The standard InChI is InChI=1S/C24H25N3O4S2/c1-15-4-7-18(8-5-15)20-12-33-24(26-20)27-21(28)11-31-23(30)14-32-13-22(29)25-19-9-6-16(2)10-17(19)3/h4-10,12H,11,13-14H2,1-3H3,(H,25,29)(H,26,27,28). The molecule has 0 spiro atoms. The number of hydrogen-bond acceptors (Lipinski definition) is 7. The lowest BCUT2D eigenvalue weighted by Crippen LogP contribution is -2.22. The van der Waals surface area contributed by atoms with Crippen molar-refractivity contribution in [3.8, 4) is 11.3 Å². The van der Waals surface area contributed by atoms with E-state index in [0.717, 1.165) is 45.4 Å². The smallest absolute Gasteiger partial charge is 0.316 e. The summed E-state index contributed by atoms with van der Waals surface area (Å²) in [7, 11) is 0. The predicted octanol–water partition coefficient (Wildman–Crippen LogP) is 4.59. The van der Waals surface area contributed by atoms with Crippen LogP contribution in [-0.2, 0) is 19.1 Å². The van der Waals surface area contributed by atoms with E-state index in [2.05, 4.69) is 15.6 Å². The largest absolute Gasteiger partial charge is 0.455 e. The van der Waals surface area contributed by atoms with Gasteiger partial charge in [0.2, 0.25) is 5.91 Å². The molecule has 2 N–H and O–H groups in total. The van der Waals surface area contributed by atoms with Gasteiger partial charge in [0, 0.05) is 16.6 Å². The summed E-state index contributed by atoms with van der Waals surface area (Å²) in [5.41, 5.74) is 5.73. The maximum atomic E-state index is 12.1. The third-order valence-electron chi connectivity index (χ3n) is 4.57. The molecule has 0 saturated heterocycles. The topological polar surface area (TPSA) is 97.4 Å². The van der Waals surface area contributed by atoms with E-state index in [9.17, 15) is 14.4 Å². The summed E-state index contributed by atoms with van der Waals surface area (Å²) in [4.78, 5) is 40.4. The average Bonchev–Trinajstić information content (AvgIpc) is 3.23. The van der Waals surface area contributed by atoms with Crippen molar-refractivity contribution in [2.45, 2.75) is 20.8 Å². The van der Waals surface area contributed by atoms with Crippen LogP contribution in [0.5, 0.6) is 0 Å². The number of carbonyl (C=O) groups excluding carboxylic acids is 3. The first-order valence-corrected chi connectivity index (χ1v) is 12.3. The minimum atomic E-state index is -0.561. The molecule has 0 radical (unpaired) electrons. The van der Waals surface area contributed by atoms with Gasteiger partial charge < -0.3 is 10.1 Å². The first-order chi connectivity index (χ1) is 15.8. The molecule has 3 rings (SSSR count). The van der Waals surface area contributed by atoms with Crippen molar-refractivity contribution in [2.24, 2.45) is 0 Å². The van der Waals surface area contributed by atoms with Gasteiger partial charge in [0.25, 0.3) is 5.91 Å². The van der Waals surface area contributed by atoms with Crippen LogP contribution >= 0.6 is 23.1 Å². The molecule has 0 saturated carbocycles. The van der Waals surface area contributed by atoms with Crippen molar-refractivity contribution >= 4 is 51.7 Å². The first kappa shape index (κ1) is 24.5. The number of thioether (sulfide) groups is 1. The van der Waals surface area contributed by atoms with Crippen molar-refractivity contribution in [3.63, 3.8) is 0 Å². The molecule has 0 aliphatic heterocycles. The molecular weight excluding hydrogens is 458 g/mol. The summed E-state index contributed by atoms with van der Waals surface area (Å²) in [5, 5.41) is 7.74. The Labute approximate surface area is 201 Å². The Morgan fingerprint density at radius 1 is 0.939 bits per heavy atom. The van der Waals surface area contributed by atoms with Gasteiger partial charge >= 0.3 is 5.97 Å². The quantitative estimate of drug-likeness (QED) is 0.432. The Balaban J connectivity index is 1.35. The molecule has 3 aromatic rings. The van der Waals surface area contributed by atoms with Crippen molar-refractivity contribution in [3.05, 3.63) is 64.5 Å². The fourth-order valence-electron chi connectivity index (χ4n) is 2.90. The molecule has 2 aromatic carbocycles. The zero-order chi connectivity index (χ0) is 23.8. The fraction of sp³-hybridized carbons (Fsp3) is 0.250. The number of nitrogens with zero attached hydrogens (tertiary/aromatic N) is 1. The van der Waals surface area contributed by atoms with E-state index in [1.807, 2.05) is 68.6 Å². The van der Waals surface area contributed by atoms with Crippen LogP contribution in [0.2, 0.25) is 0 Å². The molecule has 0 bridgehead atoms. The Kier molecular flexibility index (Phi) is 8.62. The molecule has 0 atom stereocenters. The van der Waals surface area contributed by atoms with Gasteiger partial charge in [-0.1, -0.05) is 47.5 Å². The summed E-state index contributed by atoms with van der Waals surface area (Å²) in [6.45, 7) is 5.51. The zero-order valence-electron chi connectivity index (χ0n) is 18.6. The molecule has 0 aliphatic carbocycles. The van der Waals surface area contributed by atoms with Crippen molar-refractivity contribution < 1.29 is 19.1 Å². The van der Waals surface area contributed by atoms with Gasteiger partial charge in [0.05, 0.1) is 17.2 Å². The lowest BCUT2D eigenvalue weighted by Gasteiger charge is -2.09. The van der Waals surface area contributed by atoms with E-state index in [1.165, 1.54) is 11.3 Å². The van der Waals surface area contributed by atoms with Crippen molar-refractivity contribution in [2.75, 3.05) is 28.7 Å². The fourth-order valence-corrected chi connectivity index (χ4v) is 4.24. The molecule has 1 aromatic heterocycles. The summed E-state index contributed by atoms with van der Waals surface area (Å²) in [6.07, 6.45) is 0. The van der Waals surface area contributed by atoms with Crippen LogP contribution in [0.1, 0.15) is 16.7 Å². The number of hydrogen-bond donors (Lipinski definition) is 2. The second-order valence-corrected chi connectivity index (χ2v) is 9.32. The van der Waals surface area contributed by atoms with Crippen LogP contribution in [-0.4, -0.2) is 40.9 Å². The second kappa shape index (κ2) is 11.6. The number of esters is 1. The van der Waals surface area contributed by atoms with Gasteiger partial charge in [-0.3, -0.25) is 19.7 Å². The number of ether oxygens (including phenoxy) is 1. The number of anilines is 2. The Hall–Kier alpha value is -3.17. The predicted molar refractivity (Wildman–Crippen MR) is 134 cm³/mol. The molecule has 9 heteroatoms. The minimum Gasteiger partial charge on any atom is -0.455 e. The highest BCUT2D eigenvalue weighted by Crippen LogP contribution is 2.25. The number of rotatable bonds is 9. The molecular formula is C24H25N3O4S2. The molecule has 1 heterocycles. The maximum absolute atomic E-state index is 12.1. The van der Waals surface area contributed by atoms with Crippen LogP contribution in [0, 0.1) is 20.8 Å². The SMILES string of the molecule is Cc1ccc(-c2csc(NC(=O)COC(=O)CSCC(=O)Nc3ccc(C)cc3C)n2)cc1. The third kappa shape index (κ3) is 7.73. The Bertz CT molecular complexity index is 1140. The number of aryl methyl sites for hydroxylation is 3. The second-order valence-electron chi connectivity index (χ2n) is 7.47. The van der Waals surface area contributed by atoms with E-state index in [4.69, 9.17) is 4.74 Å². The number of benzene rings is 2. The van der Waals surface area contributed by atoms with Gasteiger partial charge in [-0.25, -0.2) is 4.98 Å². The van der Waals surface area contributed by atoms with Crippen LogP contribution in [0.4, 0.5) is 10.8 Å². The van der Waals surface area contributed by atoms with E-state index in [-0.39, 0.29) is 17.4 Å². The molecule has 7 nitrogen and oxygen atoms in total. The number of amides is 2. The van der Waals surface area contributed by atoms with E-state index in [1.54, 1.807) is 0 Å². The maximum Gasteiger partial charge on any atom is 0.316 e. The van der Waals surface area contributed by atoms with Crippen LogP contribution in [0.15, 0.2) is 47.8 Å². The Morgan fingerprint density at radius 2 is 1.67 bits per heavy atom. The molecule has 33 heavy (non-hydrogen) atoms. The molecule has 2 amide bonds. The summed E-state index contributed by atoms with van der Waals surface area (Å²) in [6, 6.07) is 13.7. The van der Waals surface area contributed by atoms with E-state index in [0.29, 0.717) is 5.13 Å². The lowest BCUT2D eigenvalue weighted by atomic mass is 10.1. The molecule has 0 fully saturated rings. The first-order valence-electron chi connectivity index (χ1n) is 10.2. The highest BCUT2D eigenvalue weighted by molar-refractivity contribution is 8.00. The van der Waals surface area contributed by atoms with E-state index >= 15 is 0 Å². The van der Waals surface area contributed by atoms with Crippen molar-refractivity contribution in [1.82, 2.24) is 4.98 Å². The normalized spacial score (nSPS) is 10.5. The average molecular weight is 484 g/mol. The molecule has 172 valence electrons. The zero-order valence-corrected chi connectivity index (χ0v) is 20.3. The highest BCUT2D eigenvalue weighted by atomic mass is 32.2. The molecule has 0 aliphatic rings. The summed E-state index contributed by atoms with van der Waals surface area (Å²) < 4.78 is 4.99. The minimum absolute atomic E-state index is 0.0254. The number of nitrogens with one attached hydrogen (secondary N) is 2. The summed E-state index contributed by atoms with van der Waals surface area (Å²) >= 11 is 2.43. The Morgan fingerprint density at radius 3 is 2.39 bits per heavy atom. The monoisotopic (exact) mass is 483 g/mol. The number of thiazole rings is 1. The van der Waals surface area contributed by atoms with Crippen LogP contribution in [0.3, 0.4) is 0 Å². The molecule has 0 unspecified atom stereocenters. The van der Waals surface area contributed by atoms with Gasteiger partial charge in [-0.15, -0.1) is 23.1 Å². The highest BCUT2D eigenvalue weighted by Gasteiger charge is 2.12. The third-order valence-corrected chi connectivity index (χ3v) is 6.24. The number of carbonyl (C=O) groups is 3. The summed E-state index contributed by atoms with van der Waals surface area (Å²) in [5.74, 6) is -1.15. The van der Waals surface area contributed by atoms with Gasteiger partial charge in [0.1, 0.15) is 0 Å². The van der Waals surface area contributed by atoms with Crippen LogP contribution < -0.4 is 10.6 Å². The lowest BCUT2D eigenvalue weighted by molar-refractivity contribution is -0.144. The van der Waals surface area contributed by atoms with Gasteiger partial charge in [-0.05, 0) is 32.4 Å². The van der Waals surface area contributed by atoms with Crippen LogP contribution in [0.25, 0.3) is 11.3 Å². The number of aromatic nitrogens is 1. The van der Waals surface area contributed by atoms with Crippen molar-refractivity contribution in [1.29, 1.82) is 0 Å². The van der Waals surface area contributed by atoms with Gasteiger partial charge in [-0.2, -0.15) is 0 Å².